The minimum Gasteiger partial charge on any atom is -0.324 e. The molecular formula is C26H33IN4Si. The first-order valence-corrected chi connectivity index (χ1v) is 15.0. The van der Waals surface area contributed by atoms with E-state index in [4.69, 9.17) is 4.98 Å². The summed E-state index contributed by atoms with van der Waals surface area (Å²) in [5.41, 5.74) is 12.5. The van der Waals surface area contributed by atoms with Crippen LogP contribution in [0.3, 0.4) is 0 Å². The van der Waals surface area contributed by atoms with Crippen LogP contribution in [0.15, 0.2) is 18.6 Å². The zero-order chi connectivity index (χ0) is 23.2. The van der Waals surface area contributed by atoms with E-state index in [0.717, 1.165) is 36.4 Å². The van der Waals surface area contributed by atoms with Crippen LogP contribution in [0.25, 0.3) is 22.3 Å². The lowest BCUT2D eigenvalue weighted by Crippen LogP contribution is -2.43. The molecule has 4 rings (SSSR count). The first-order valence-electron chi connectivity index (χ1n) is 11.7. The fraction of sp³-hybridized carbons (Fsp3) is 0.500. The third-order valence-corrected chi connectivity index (χ3v) is 14.7. The number of aromatic nitrogens is 4. The van der Waals surface area contributed by atoms with Crippen molar-refractivity contribution < 1.29 is 0 Å². The first-order chi connectivity index (χ1) is 15.2. The molecule has 0 radical (unpaired) electrons. The van der Waals surface area contributed by atoms with E-state index in [1.165, 1.54) is 25.8 Å². The molecule has 4 heterocycles. The summed E-state index contributed by atoms with van der Waals surface area (Å²) in [6, 6.07) is 2.24. The average molecular weight is 557 g/mol. The Morgan fingerprint density at radius 2 is 1.72 bits per heavy atom. The van der Waals surface area contributed by atoms with Gasteiger partial charge in [0.25, 0.3) is 0 Å². The van der Waals surface area contributed by atoms with E-state index in [1.807, 2.05) is 6.20 Å². The third-order valence-electron chi connectivity index (χ3n) is 7.32. The number of hydrogen-bond acceptors (Lipinski definition) is 3. The van der Waals surface area contributed by atoms with E-state index in [2.05, 4.69) is 103 Å². The fourth-order valence-electron chi connectivity index (χ4n) is 5.77. The topological polar surface area (TPSA) is 43.6 Å². The van der Waals surface area contributed by atoms with Crippen LogP contribution in [0.1, 0.15) is 64.9 Å². The summed E-state index contributed by atoms with van der Waals surface area (Å²) >= 11 is 2.46. The molecular weight excluding hydrogens is 523 g/mol. The quantitative estimate of drug-likeness (QED) is 0.200. The van der Waals surface area contributed by atoms with Gasteiger partial charge in [0.15, 0.2) is 0 Å². The van der Waals surface area contributed by atoms with Gasteiger partial charge in [-0.05, 0) is 70.6 Å². The van der Waals surface area contributed by atoms with E-state index in [-0.39, 0.29) is 0 Å². The van der Waals surface area contributed by atoms with Crippen molar-refractivity contribution in [3.05, 3.63) is 39.1 Å². The summed E-state index contributed by atoms with van der Waals surface area (Å²) in [6.45, 7) is 17.2. The first kappa shape index (κ1) is 23.4. The van der Waals surface area contributed by atoms with Crippen molar-refractivity contribution in [1.29, 1.82) is 0 Å². The van der Waals surface area contributed by atoms with Crippen LogP contribution in [-0.4, -0.2) is 27.6 Å². The standard InChI is InChI=1S/C26H33IN4Si/c1-16(2)32(17(3)4,18(5)6)12-10-21-13-20-9-8-11-31-25(22(20)14-28-21)24(27)23-19(7)29-15-30-26(23)31/h13-18H,8-9,11H2,1-7H3. The van der Waals surface area contributed by atoms with Crippen LogP contribution < -0.4 is 0 Å². The summed E-state index contributed by atoms with van der Waals surface area (Å²) in [5, 5.41) is 1.17. The molecule has 168 valence electrons. The SMILES string of the molecule is Cc1ncnc2c1c(I)c1n2CCCc2cc(C#C[Si](C(C)C)(C(C)C)C(C)C)ncc2-1. The van der Waals surface area contributed by atoms with Gasteiger partial charge >= 0.3 is 0 Å². The highest BCUT2D eigenvalue weighted by atomic mass is 127. The predicted molar refractivity (Wildman–Crippen MR) is 144 cm³/mol. The Bertz CT molecular complexity index is 1210. The molecule has 0 bridgehead atoms. The molecule has 6 heteroatoms. The average Bonchev–Trinajstić information content (AvgIpc) is 2.89. The van der Waals surface area contributed by atoms with Gasteiger partial charge in [-0.1, -0.05) is 47.5 Å². The van der Waals surface area contributed by atoms with Crippen LogP contribution in [-0.2, 0) is 13.0 Å². The minimum absolute atomic E-state index is 0.623. The molecule has 0 aromatic carbocycles. The van der Waals surface area contributed by atoms with Gasteiger partial charge in [0.05, 0.1) is 20.3 Å². The summed E-state index contributed by atoms with van der Waals surface area (Å²) in [7, 11) is -1.77. The summed E-state index contributed by atoms with van der Waals surface area (Å²) in [4.78, 5) is 13.9. The van der Waals surface area contributed by atoms with Gasteiger partial charge in [-0.3, -0.25) is 0 Å². The lowest BCUT2D eigenvalue weighted by Gasteiger charge is -2.38. The van der Waals surface area contributed by atoms with Crippen molar-refractivity contribution in [3.8, 4) is 22.7 Å². The molecule has 0 spiro atoms. The highest BCUT2D eigenvalue weighted by Gasteiger charge is 2.41. The second-order valence-corrected chi connectivity index (χ2v) is 16.6. The number of rotatable bonds is 3. The van der Waals surface area contributed by atoms with Gasteiger partial charge in [-0.2, -0.15) is 0 Å². The van der Waals surface area contributed by atoms with E-state index >= 15 is 0 Å². The second kappa shape index (κ2) is 8.90. The summed E-state index contributed by atoms with van der Waals surface area (Å²) in [6.07, 6.45) is 5.85. The Hall–Kier alpha value is -1.72. The highest BCUT2D eigenvalue weighted by Crippen LogP contribution is 2.41. The van der Waals surface area contributed by atoms with Crippen molar-refractivity contribution >= 4 is 41.7 Å². The zero-order valence-electron chi connectivity index (χ0n) is 20.3. The largest absolute Gasteiger partial charge is 0.324 e. The summed E-state index contributed by atoms with van der Waals surface area (Å²) < 4.78 is 3.59. The van der Waals surface area contributed by atoms with E-state index in [9.17, 15) is 0 Å². The lowest BCUT2D eigenvalue weighted by atomic mass is 10.0. The number of pyridine rings is 1. The van der Waals surface area contributed by atoms with Crippen molar-refractivity contribution in [3.63, 3.8) is 0 Å². The molecule has 3 aromatic rings. The van der Waals surface area contributed by atoms with E-state index in [1.54, 1.807) is 6.33 Å². The van der Waals surface area contributed by atoms with Crippen LogP contribution in [0.5, 0.6) is 0 Å². The van der Waals surface area contributed by atoms with E-state index < -0.39 is 8.07 Å². The molecule has 32 heavy (non-hydrogen) atoms. The van der Waals surface area contributed by atoms with Gasteiger partial charge in [-0.25, -0.2) is 15.0 Å². The number of halogens is 1. The second-order valence-electron chi connectivity index (χ2n) is 9.95. The maximum atomic E-state index is 4.84. The monoisotopic (exact) mass is 556 g/mol. The minimum atomic E-state index is -1.77. The Morgan fingerprint density at radius 3 is 2.38 bits per heavy atom. The third kappa shape index (κ3) is 3.71. The molecule has 4 nitrogen and oxygen atoms in total. The van der Waals surface area contributed by atoms with Crippen molar-refractivity contribution in [2.45, 2.75) is 84.5 Å². The Morgan fingerprint density at radius 1 is 1.03 bits per heavy atom. The van der Waals surface area contributed by atoms with Gasteiger partial charge in [-0.15, -0.1) is 5.54 Å². The molecule has 0 atom stereocenters. The van der Waals surface area contributed by atoms with Gasteiger partial charge in [0, 0.05) is 18.3 Å². The van der Waals surface area contributed by atoms with Gasteiger partial charge in [0.1, 0.15) is 25.7 Å². The van der Waals surface area contributed by atoms with Crippen molar-refractivity contribution in [1.82, 2.24) is 19.5 Å². The maximum Gasteiger partial charge on any atom is 0.146 e. The molecule has 0 aliphatic carbocycles. The molecule has 0 amide bonds. The van der Waals surface area contributed by atoms with Gasteiger partial charge in [0.2, 0.25) is 0 Å². The Kier molecular flexibility index (Phi) is 6.52. The van der Waals surface area contributed by atoms with Gasteiger partial charge < -0.3 is 4.57 Å². The maximum absolute atomic E-state index is 4.84. The van der Waals surface area contributed by atoms with Crippen LogP contribution in [0.2, 0.25) is 16.6 Å². The highest BCUT2D eigenvalue weighted by molar-refractivity contribution is 14.1. The van der Waals surface area contributed by atoms with Crippen LogP contribution in [0, 0.1) is 22.0 Å². The normalized spacial score (nSPS) is 13.8. The molecule has 0 unspecified atom stereocenters. The Balaban J connectivity index is 1.84. The predicted octanol–water partition coefficient (Wildman–Crippen LogP) is 6.92. The van der Waals surface area contributed by atoms with E-state index in [0.29, 0.717) is 16.6 Å². The molecule has 0 fully saturated rings. The van der Waals surface area contributed by atoms with Crippen LogP contribution in [0.4, 0.5) is 0 Å². The lowest BCUT2D eigenvalue weighted by molar-refractivity contribution is 0.675. The van der Waals surface area contributed by atoms with Crippen LogP contribution >= 0.6 is 22.6 Å². The smallest absolute Gasteiger partial charge is 0.146 e. The molecule has 1 aliphatic heterocycles. The van der Waals surface area contributed by atoms with Crippen molar-refractivity contribution in [2.75, 3.05) is 0 Å². The molecule has 0 saturated heterocycles. The Labute approximate surface area is 206 Å². The number of aryl methyl sites for hydroxylation is 3. The number of hydrogen-bond donors (Lipinski definition) is 0. The zero-order valence-corrected chi connectivity index (χ0v) is 23.4. The number of fused-ring (bicyclic) bond motifs is 5. The number of nitrogens with zero attached hydrogens (tertiary/aromatic N) is 4. The van der Waals surface area contributed by atoms with Crippen molar-refractivity contribution in [2.24, 2.45) is 0 Å². The fourth-order valence-corrected chi connectivity index (χ4v) is 12.2. The molecule has 0 saturated carbocycles. The molecule has 1 aliphatic rings. The molecule has 0 N–H and O–H groups in total. The molecule has 3 aromatic heterocycles. The summed E-state index contributed by atoms with van der Waals surface area (Å²) in [5.74, 6) is 3.54.